The second kappa shape index (κ2) is 11.1. The minimum atomic E-state index is -2.17. The van der Waals surface area contributed by atoms with Gasteiger partial charge in [0.1, 0.15) is 16.4 Å². The van der Waals surface area contributed by atoms with Gasteiger partial charge in [0.05, 0.1) is 17.8 Å². The molecule has 10 heteroatoms. The number of nitrogens with one attached hydrogen (secondary N) is 2. The largest absolute Gasteiger partial charge is 0.460 e. The molecule has 0 aromatic heterocycles. The molecule has 1 aliphatic carbocycles. The third-order valence-corrected chi connectivity index (χ3v) is 10.1. The van der Waals surface area contributed by atoms with Crippen LogP contribution in [0, 0.1) is 17.8 Å². The Morgan fingerprint density at radius 3 is 1.42 bits per heavy atom. The van der Waals surface area contributed by atoms with E-state index in [1.807, 2.05) is 0 Å². The molecule has 1 saturated carbocycles. The van der Waals surface area contributed by atoms with Crippen LogP contribution in [-0.4, -0.2) is 35.0 Å². The Morgan fingerprint density at radius 1 is 0.646 bits per heavy atom. The lowest BCUT2D eigenvalue weighted by atomic mass is 9.53. The van der Waals surface area contributed by atoms with Gasteiger partial charge in [-0.25, -0.2) is 0 Å². The molecule has 48 heavy (non-hydrogen) atoms. The summed E-state index contributed by atoms with van der Waals surface area (Å²) in [4.78, 5) is 75.3. The number of rotatable bonds is 5. The number of fused-ring (bicyclic) bond motifs is 5. The van der Waals surface area contributed by atoms with Gasteiger partial charge in [-0.3, -0.25) is 24.0 Å². The van der Waals surface area contributed by atoms with Crippen LogP contribution in [0.4, 0.5) is 11.4 Å². The number of hydrogen-bond donors (Lipinski definition) is 2. The third-order valence-electron chi connectivity index (χ3n) is 9.66. The molecule has 2 N–H and O–H groups in total. The Bertz CT molecular complexity index is 1910. The number of esters is 1. The van der Waals surface area contributed by atoms with E-state index < -0.39 is 63.5 Å². The molecule has 0 bridgehead atoms. The Hall–Kier alpha value is -4.79. The molecule has 242 valence electrons. The molecule has 2 aliphatic heterocycles. The quantitative estimate of drug-likeness (QED) is 0.172. The lowest BCUT2D eigenvalue weighted by Gasteiger charge is -2.42. The number of amides is 2. The maximum atomic E-state index is 15.2. The summed E-state index contributed by atoms with van der Waals surface area (Å²) in [5, 5.41) is 6.23. The Labute approximate surface area is 286 Å². The maximum Gasteiger partial charge on any atom is 0.311 e. The molecule has 2 amide bonds. The van der Waals surface area contributed by atoms with Crippen LogP contribution in [0.3, 0.4) is 0 Å². The molecule has 0 radical (unpaired) electrons. The van der Waals surface area contributed by atoms with E-state index in [2.05, 4.69) is 10.6 Å². The smallest absolute Gasteiger partial charge is 0.311 e. The number of anilines is 2. The lowest BCUT2D eigenvalue weighted by Crippen LogP contribution is -2.60. The van der Waals surface area contributed by atoms with Gasteiger partial charge in [-0.1, -0.05) is 83.9 Å². The van der Waals surface area contributed by atoms with Crippen LogP contribution in [0.25, 0.3) is 0 Å². The second-order valence-electron chi connectivity index (χ2n) is 13.4. The lowest BCUT2D eigenvalue weighted by molar-refractivity contribution is -0.162. The topological polar surface area (TPSA) is 119 Å². The monoisotopic (exact) mass is 680 g/mol. The van der Waals surface area contributed by atoms with Crippen LogP contribution >= 0.6 is 23.2 Å². The van der Waals surface area contributed by atoms with Gasteiger partial charge >= 0.3 is 5.97 Å². The normalized spacial score (nSPS) is 25.4. The summed E-state index contributed by atoms with van der Waals surface area (Å²) >= 11 is 13.2. The molecule has 2 heterocycles. The van der Waals surface area contributed by atoms with Crippen molar-refractivity contribution in [1.29, 1.82) is 0 Å². The van der Waals surface area contributed by atoms with Crippen molar-refractivity contribution in [2.75, 3.05) is 10.6 Å². The van der Waals surface area contributed by atoms with Crippen molar-refractivity contribution in [2.45, 2.75) is 37.2 Å². The van der Waals surface area contributed by atoms with Crippen molar-refractivity contribution in [3.63, 3.8) is 0 Å². The van der Waals surface area contributed by atoms with Crippen LogP contribution < -0.4 is 10.6 Å². The van der Waals surface area contributed by atoms with Crippen molar-refractivity contribution in [1.82, 2.24) is 0 Å². The molecule has 1 fully saturated rings. The number of carbonyl (C=O) groups is 5. The molecule has 4 aromatic rings. The average molecular weight is 682 g/mol. The van der Waals surface area contributed by atoms with E-state index in [1.165, 1.54) is 12.1 Å². The fourth-order valence-corrected chi connectivity index (χ4v) is 8.48. The number of benzene rings is 4. The van der Waals surface area contributed by atoms with E-state index in [9.17, 15) is 4.79 Å². The molecule has 3 aliphatic rings. The van der Waals surface area contributed by atoms with E-state index in [4.69, 9.17) is 27.9 Å². The van der Waals surface area contributed by atoms with E-state index >= 15 is 19.2 Å². The molecule has 2 spiro atoms. The summed E-state index contributed by atoms with van der Waals surface area (Å²) in [6, 6.07) is 25.8. The second-order valence-corrected chi connectivity index (χ2v) is 14.3. The molecular weight excluding hydrogens is 651 g/mol. The van der Waals surface area contributed by atoms with Crippen LogP contribution in [-0.2, 0) is 30.0 Å². The standard InChI is InChI=1S/C38H30Cl2N2O6/c1-36(2,3)48-33(45)28-29(31(43)20-10-6-4-7-11-20)37(24-18-22(39)14-16-26(24)41-34(37)46)38(30(28)32(44)21-12-8-5-9-13-21)25-19-23(40)15-17-27(25)42-35(38)47/h4-19,28-30H,1-3H3,(H,41,46)(H,42,47). The molecule has 7 rings (SSSR count). The van der Waals surface area contributed by atoms with E-state index in [0.717, 1.165) is 0 Å². The first-order valence-corrected chi connectivity index (χ1v) is 16.2. The summed E-state index contributed by atoms with van der Waals surface area (Å²) in [6.45, 7) is 5.01. The van der Waals surface area contributed by atoms with Gasteiger partial charge in [-0.2, -0.15) is 0 Å². The Balaban J connectivity index is 1.69. The van der Waals surface area contributed by atoms with Gasteiger partial charge < -0.3 is 15.4 Å². The molecule has 4 atom stereocenters. The molecule has 4 aromatic carbocycles. The number of halogens is 2. The third kappa shape index (κ3) is 4.39. The van der Waals surface area contributed by atoms with Crippen molar-refractivity contribution in [3.05, 3.63) is 129 Å². The highest BCUT2D eigenvalue weighted by atomic mass is 35.5. The van der Waals surface area contributed by atoms with E-state index in [0.29, 0.717) is 11.4 Å². The SMILES string of the molecule is CC(C)(C)OC(=O)C1C(C(=O)c2ccccc2)C2(C(=O)Nc3ccc(Cl)cc32)C2(C(=O)Nc3ccc(Cl)cc32)C1C(=O)c1ccccc1. The van der Waals surface area contributed by atoms with Gasteiger partial charge in [-0.15, -0.1) is 0 Å². The molecule has 8 nitrogen and oxygen atoms in total. The number of ether oxygens (including phenoxy) is 1. The van der Waals surface area contributed by atoms with Crippen LogP contribution in [0.15, 0.2) is 97.1 Å². The Morgan fingerprint density at radius 2 is 1.04 bits per heavy atom. The average Bonchev–Trinajstić information content (AvgIpc) is 3.62. The predicted octanol–water partition coefficient (Wildman–Crippen LogP) is 7.04. The Kier molecular flexibility index (Phi) is 7.38. The van der Waals surface area contributed by atoms with Crippen LogP contribution in [0.5, 0.6) is 0 Å². The number of carbonyl (C=O) groups excluding carboxylic acids is 5. The van der Waals surface area contributed by atoms with Crippen molar-refractivity contribution >= 4 is 63.9 Å². The number of hydrogen-bond acceptors (Lipinski definition) is 6. The van der Waals surface area contributed by atoms with E-state index in [-0.39, 0.29) is 32.3 Å². The van der Waals surface area contributed by atoms with Crippen molar-refractivity contribution < 1.29 is 28.7 Å². The summed E-state index contributed by atoms with van der Waals surface area (Å²) in [5.41, 5.74) is -3.99. The number of ketones is 2. The van der Waals surface area contributed by atoms with Crippen LogP contribution in [0.1, 0.15) is 52.6 Å². The zero-order chi connectivity index (χ0) is 34.2. The van der Waals surface area contributed by atoms with E-state index in [1.54, 1.807) is 106 Å². The fourth-order valence-electron chi connectivity index (χ4n) is 8.14. The summed E-state index contributed by atoms with van der Waals surface area (Å²) in [5.74, 6) is -8.40. The highest BCUT2D eigenvalue weighted by Crippen LogP contribution is 2.71. The minimum absolute atomic E-state index is 0.186. The highest BCUT2D eigenvalue weighted by Gasteiger charge is 2.83. The molecule has 4 unspecified atom stereocenters. The zero-order valence-electron chi connectivity index (χ0n) is 26.2. The summed E-state index contributed by atoms with van der Waals surface area (Å²) in [7, 11) is 0. The minimum Gasteiger partial charge on any atom is -0.460 e. The number of Topliss-reactive ketones (excluding diaryl/α,β-unsaturated/α-hetero) is 2. The fraction of sp³-hybridized carbons (Fsp3) is 0.237. The van der Waals surface area contributed by atoms with Gasteiger partial charge in [0.2, 0.25) is 11.8 Å². The maximum absolute atomic E-state index is 15.2. The first kappa shape index (κ1) is 31.8. The van der Waals surface area contributed by atoms with Gasteiger partial charge in [0.15, 0.2) is 11.6 Å². The predicted molar refractivity (Wildman–Crippen MR) is 181 cm³/mol. The van der Waals surface area contributed by atoms with Gasteiger partial charge in [-0.05, 0) is 68.3 Å². The van der Waals surface area contributed by atoms with Gasteiger partial charge in [0, 0.05) is 32.5 Å². The van der Waals surface area contributed by atoms with Crippen molar-refractivity contribution in [3.8, 4) is 0 Å². The zero-order valence-corrected chi connectivity index (χ0v) is 27.7. The summed E-state index contributed by atoms with van der Waals surface area (Å²) in [6.07, 6.45) is 0. The highest BCUT2D eigenvalue weighted by molar-refractivity contribution is 6.32. The van der Waals surface area contributed by atoms with Gasteiger partial charge in [0.25, 0.3) is 0 Å². The van der Waals surface area contributed by atoms with Crippen molar-refractivity contribution in [2.24, 2.45) is 17.8 Å². The molecular formula is C38H30Cl2N2O6. The molecule has 0 saturated heterocycles. The summed E-state index contributed by atoms with van der Waals surface area (Å²) < 4.78 is 5.99. The first-order valence-electron chi connectivity index (χ1n) is 15.5. The van der Waals surface area contributed by atoms with Crippen LogP contribution in [0.2, 0.25) is 10.0 Å². The first-order chi connectivity index (χ1) is 22.8.